The smallest absolute Gasteiger partial charge is 0.250 e. The highest BCUT2D eigenvalue weighted by Crippen LogP contribution is 2.35. The first-order chi connectivity index (χ1) is 10.1. The van der Waals surface area contributed by atoms with Crippen molar-refractivity contribution in [3.8, 4) is 11.1 Å². The van der Waals surface area contributed by atoms with E-state index in [-0.39, 0.29) is 5.56 Å². The van der Waals surface area contributed by atoms with Gasteiger partial charge in [0.15, 0.2) is 0 Å². The highest BCUT2D eigenvalue weighted by Gasteiger charge is 2.15. The predicted molar refractivity (Wildman–Crippen MR) is 90.1 cm³/mol. The molecule has 0 saturated carbocycles. The van der Waals surface area contributed by atoms with Gasteiger partial charge in [-0.1, -0.05) is 37.9 Å². The molecule has 0 amide bonds. The second-order valence-corrected chi connectivity index (χ2v) is 5.93. The van der Waals surface area contributed by atoms with Crippen LogP contribution in [-0.2, 0) is 7.05 Å². The van der Waals surface area contributed by atoms with Gasteiger partial charge in [-0.25, -0.2) is 0 Å². The standard InChI is InChI=1S/C18H22ClNO/c1-4-6-13(5-2)16-8-7-15(19)12-17(16)14-9-10-20(3)18(21)11-14/h7-13H,4-6H2,1-3H3. The Balaban J connectivity index is 2.57. The van der Waals surface area contributed by atoms with Gasteiger partial charge >= 0.3 is 0 Å². The molecule has 1 unspecified atom stereocenters. The van der Waals surface area contributed by atoms with E-state index in [1.807, 2.05) is 24.4 Å². The Bertz CT molecular complexity index is 675. The fourth-order valence-corrected chi connectivity index (χ4v) is 2.95. The van der Waals surface area contributed by atoms with Crippen LogP contribution in [0, 0.1) is 0 Å². The van der Waals surface area contributed by atoms with Crippen LogP contribution in [0.1, 0.15) is 44.6 Å². The predicted octanol–water partition coefficient (Wildman–Crippen LogP) is 5.00. The minimum atomic E-state index is 0.00182. The lowest BCUT2D eigenvalue weighted by Gasteiger charge is -2.19. The summed E-state index contributed by atoms with van der Waals surface area (Å²) >= 11 is 6.18. The minimum Gasteiger partial charge on any atom is -0.319 e. The quantitative estimate of drug-likeness (QED) is 0.762. The molecular formula is C18H22ClNO. The zero-order chi connectivity index (χ0) is 15.4. The summed E-state index contributed by atoms with van der Waals surface area (Å²) in [6, 6.07) is 9.70. The number of benzene rings is 1. The molecule has 21 heavy (non-hydrogen) atoms. The monoisotopic (exact) mass is 303 g/mol. The van der Waals surface area contributed by atoms with E-state index in [9.17, 15) is 4.79 Å². The van der Waals surface area contributed by atoms with E-state index in [0.717, 1.165) is 30.4 Å². The van der Waals surface area contributed by atoms with Gasteiger partial charge in [0.05, 0.1) is 0 Å². The zero-order valence-corrected chi connectivity index (χ0v) is 13.7. The molecule has 0 aliphatic carbocycles. The highest BCUT2D eigenvalue weighted by atomic mass is 35.5. The molecule has 0 saturated heterocycles. The van der Waals surface area contributed by atoms with Gasteiger partial charge in [-0.3, -0.25) is 4.79 Å². The van der Waals surface area contributed by atoms with Crippen molar-refractivity contribution >= 4 is 11.6 Å². The topological polar surface area (TPSA) is 22.0 Å². The average Bonchev–Trinajstić information content (AvgIpc) is 2.48. The molecule has 0 bridgehead atoms. The molecule has 0 radical (unpaired) electrons. The Morgan fingerprint density at radius 3 is 2.57 bits per heavy atom. The highest BCUT2D eigenvalue weighted by molar-refractivity contribution is 6.30. The third-order valence-corrected chi connectivity index (χ3v) is 4.24. The number of rotatable bonds is 5. The summed E-state index contributed by atoms with van der Waals surface area (Å²) in [7, 11) is 1.76. The Kier molecular flexibility index (Phi) is 5.24. The second kappa shape index (κ2) is 6.95. The Labute approximate surface area is 131 Å². The van der Waals surface area contributed by atoms with Crippen LogP contribution in [-0.4, -0.2) is 4.57 Å². The van der Waals surface area contributed by atoms with E-state index in [0.29, 0.717) is 10.9 Å². The van der Waals surface area contributed by atoms with Gasteiger partial charge in [0, 0.05) is 24.3 Å². The Morgan fingerprint density at radius 1 is 1.19 bits per heavy atom. The van der Waals surface area contributed by atoms with Gasteiger partial charge in [0.2, 0.25) is 0 Å². The Hall–Kier alpha value is -1.54. The summed E-state index contributed by atoms with van der Waals surface area (Å²) in [4.78, 5) is 11.9. The summed E-state index contributed by atoms with van der Waals surface area (Å²) in [5, 5.41) is 0.709. The zero-order valence-electron chi connectivity index (χ0n) is 12.9. The van der Waals surface area contributed by atoms with Gasteiger partial charge in [-0.15, -0.1) is 0 Å². The molecule has 0 N–H and O–H groups in total. The van der Waals surface area contributed by atoms with Crippen molar-refractivity contribution < 1.29 is 0 Å². The number of hydrogen-bond acceptors (Lipinski definition) is 1. The molecule has 2 nitrogen and oxygen atoms in total. The number of pyridine rings is 1. The third-order valence-electron chi connectivity index (χ3n) is 4.00. The molecule has 1 aromatic heterocycles. The van der Waals surface area contributed by atoms with Gasteiger partial charge in [0.25, 0.3) is 5.56 Å². The molecule has 0 spiro atoms. The minimum absolute atomic E-state index is 0.00182. The van der Waals surface area contributed by atoms with Crippen LogP contribution in [0.2, 0.25) is 5.02 Å². The van der Waals surface area contributed by atoms with E-state index >= 15 is 0 Å². The van der Waals surface area contributed by atoms with Crippen LogP contribution in [0.5, 0.6) is 0 Å². The maximum atomic E-state index is 11.9. The van der Waals surface area contributed by atoms with E-state index in [1.54, 1.807) is 17.7 Å². The van der Waals surface area contributed by atoms with Crippen molar-refractivity contribution in [2.24, 2.45) is 7.05 Å². The first-order valence-electron chi connectivity index (χ1n) is 7.53. The summed E-state index contributed by atoms with van der Waals surface area (Å²) in [5.74, 6) is 0.506. The summed E-state index contributed by atoms with van der Waals surface area (Å²) in [6.07, 6.45) is 5.20. The molecule has 2 aromatic rings. The number of aryl methyl sites for hydroxylation is 1. The SMILES string of the molecule is CCCC(CC)c1ccc(Cl)cc1-c1ccn(C)c(=O)c1. The molecule has 112 valence electrons. The molecule has 2 rings (SSSR count). The van der Waals surface area contributed by atoms with Gasteiger partial charge in [-0.2, -0.15) is 0 Å². The normalized spacial score (nSPS) is 12.4. The first-order valence-corrected chi connectivity index (χ1v) is 7.91. The van der Waals surface area contributed by atoms with Crippen LogP contribution in [0.4, 0.5) is 0 Å². The van der Waals surface area contributed by atoms with Crippen LogP contribution < -0.4 is 5.56 Å². The van der Waals surface area contributed by atoms with Crippen LogP contribution in [0.3, 0.4) is 0 Å². The van der Waals surface area contributed by atoms with Crippen molar-refractivity contribution in [3.05, 3.63) is 57.5 Å². The van der Waals surface area contributed by atoms with E-state index in [2.05, 4.69) is 19.9 Å². The number of hydrogen-bond donors (Lipinski definition) is 0. The largest absolute Gasteiger partial charge is 0.319 e. The van der Waals surface area contributed by atoms with Crippen molar-refractivity contribution in [2.45, 2.75) is 39.0 Å². The molecule has 0 aliphatic rings. The second-order valence-electron chi connectivity index (χ2n) is 5.49. The lowest BCUT2D eigenvalue weighted by molar-refractivity contribution is 0.597. The van der Waals surface area contributed by atoms with E-state index in [1.165, 1.54) is 5.56 Å². The first kappa shape index (κ1) is 15.8. The van der Waals surface area contributed by atoms with E-state index in [4.69, 9.17) is 11.6 Å². The van der Waals surface area contributed by atoms with Crippen LogP contribution in [0.25, 0.3) is 11.1 Å². The summed E-state index contributed by atoms with van der Waals surface area (Å²) < 4.78 is 1.58. The van der Waals surface area contributed by atoms with Gasteiger partial charge < -0.3 is 4.57 Å². The van der Waals surface area contributed by atoms with E-state index < -0.39 is 0 Å². The van der Waals surface area contributed by atoms with Gasteiger partial charge in [-0.05, 0) is 53.6 Å². The summed E-state index contributed by atoms with van der Waals surface area (Å²) in [6.45, 7) is 4.42. The van der Waals surface area contributed by atoms with Crippen molar-refractivity contribution in [3.63, 3.8) is 0 Å². The maximum Gasteiger partial charge on any atom is 0.250 e. The van der Waals surface area contributed by atoms with Crippen LogP contribution >= 0.6 is 11.6 Å². The fraction of sp³-hybridized carbons (Fsp3) is 0.389. The van der Waals surface area contributed by atoms with Crippen molar-refractivity contribution in [2.75, 3.05) is 0 Å². The number of halogens is 1. The van der Waals surface area contributed by atoms with Gasteiger partial charge in [0.1, 0.15) is 0 Å². The number of aromatic nitrogens is 1. The lowest BCUT2D eigenvalue weighted by Crippen LogP contribution is -2.14. The molecular weight excluding hydrogens is 282 g/mol. The Morgan fingerprint density at radius 2 is 1.95 bits per heavy atom. The molecule has 1 aromatic carbocycles. The van der Waals surface area contributed by atoms with Crippen molar-refractivity contribution in [1.29, 1.82) is 0 Å². The molecule has 1 heterocycles. The maximum absolute atomic E-state index is 11.9. The molecule has 3 heteroatoms. The molecule has 0 fully saturated rings. The summed E-state index contributed by atoms with van der Waals surface area (Å²) in [5.41, 5.74) is 3.32. The molecule has 0 aliphatic heterocycles. The number of nitrogens with zero attached hydrogens (tertiary/aromatic N) is 1. The van der Waals surface area contributed by atoms with Crippen molar-refractivity contribution in [1.82, 2.24) is 4.57 Å². The lowest BCUT2D eigenvalue weighted by atomic mass is 9.86. The van der Waals surface area contributed by atoms with Crippen LogP contribution in [0.15, 0.2) is 41.3 Å². The molecule has 1 atom stereocenters. The average molecular weight is 304 g/mol. The third kappa shape index (κ3) is 3.56. The fourth-order valence-electron chi connectivity index (χ4n) is 2.78.